The Balaban J connectivity index is 2.17. The van der Waals surface area contributed by atoms with Gasteiger partial charge in [0.1, 0.15) is 11.4 Å². The number of nitrogens with zero attached hydrogens (tertiary/aromatic N) is 1. The van der Waals surface area contributed by atoms with Gasteiger partial charge in [0.2, 0.25) is 5.91 Å². The molecule has 2 rings (SSSR count). The maximum absolute atomic E-state index is 11.6. The van der Waals surface area contributed by atoms with Crippen molar-refractivity contribution >= 4 is 23.6 Å². The first-order valence-corrected chi connectivity index (χ1v) is 6.08. The number of fused-ring (bicyclic) bond motifs is 1. The van der Waals surface area contributed by atoms with Gasteiger partial charge in [-0.2, -0.15) is 0 Å². The summed E-state index contributed by atoms with van der Waals surface area (Å²) in [6.07, 6.45) is 0. The number of β-lactam (4-membered cyclic amide) rings is 1. The summed E-state index contributed by atoms with van der Waals surface area (Å²) in [5.41, 5.74) is 5.72. The standard InChI is InChI=1S/C10H16N2O3S/c1-10(2)5(9(14)15-3)4-12-7(13)6(11)8(12)16-10/h5-6,8H,4,11H2,1-3H3. The predicted octanol–water partition coefficient (Wildman–Crippen LogP) is -0.203. The fraction of sp³-hybridized carbons (Fsp3) is 0.800. The summed E-state index contributed by atoms with van der Waals surface area (Å²) >= 11 is 1.58. The Morgan fingerprint density at radius 1 is 1.62 bits per heavy atom. The summed E-state index contributed by atoms with van der Waals surface area (Å²) < 4.78 is 4.53. The third-order valence-electron chi connectivity index (χ3n) is 3.31. The number of hydrogen-bond acceptors (Lipinski definition) is 5. The van der Waals surface area contributed by atoms with Gasteiger partial charge in [0.15, 0.2) is 0 Å². The largest absolute Gasteiger partial charge is 0.469 e. The van der Waals surface area contributed by atoms with Crippen molar-refractivity contribution in [3.05, 3.63) is 0 Å². The van der Waals surface area contributed by atoms with E-state index in [2.05, 4.69) is 0 Å². The fourth-order valence-electron chi connectivity index (χ4n) is 2.19. The van der Waals surface area contributed by atoms with Crippen molar-refractivity contribution in [1.29, 1.82) is 0 Å². The van der Waals surface area contributed by atoms with Gasteiger partial charge in [-0.25, -0.2) is 0 Å². The number of thioether (sulfide) groups is 1. The molecule has 2 saturated heterocycles. The number of rotatable bonds is 1. The third-order valence-corrected chi connectivity index (χ3v) is 4.99. The minimum Gasteiger partial charge on any atom is -0.469 e. The molecule has 6 heteroatoms. The van der Waals surface area contributed by atoms with Crippen molar-refractivity contribution in [1.82, 2.24) is 4.90 Å². The van der Waals surface area contributed by atoms with Gasteiger partial charge in [-0.15, -0.1) is 11.8 Å². The average molecular weight is 244 g/mol. The van der Waals surface area contributed by atoms with Gasteiger partial charge in [-0.05, 0) is 13.8 Å². The quantitative estimate of drug-likeness (QED) is 0.511. The molecule has 0 aromatic carbocycles. The van der Waals surface area contributed by atoms with E-state index >= 15 is 0 Å². The van der Waals surface area contributed by atoms with Crippen LogP contribution < -0.4 is 5.73 Å². The van der Waals surface area contributed by atoms with Crippen LogP contribution in [0.5, 0.6) is 0 Å². The monoisotopic (exact) mass is 244 g/mol. The molecule has 16 heavy (non-hydrogen) atoms. The first-order chi connectivity index (χ1) is 7.38. The second-order valence-corrected chi connectivity index (χ2v) is 6.47. The van der Waals surface area contributed by atoms with Crippen LogP contribution in [-0.4, -0.2) is 46.6 Å². The SMILES string of the molecule is COC(=O)C1CN2C(=O)C(N)C2SC1(C)C. The molecule has 2 aliphatic rings. The van der Waals surface area contributed by atoms with E-state index < -0.39 is 6.04 Å². The zero-order chi connectivity index (χ0) is 12.1. The van der Waals surface area contributed by atoms with Crippen molar-refractivity contribution in [3.63, 3.8) is 0 Å². The normalized spacial score (nSPS) is 36.4. The molecule has 2 N–H and O–H groups in total. The minimum absolute atomic E-state index is 0.0170. The zero-order valence-corrected chi connectivity index (χ0v) is 10.4. The molecule has 2 aliphatic heterocycles. The summed E-state index contributed by atoms with van der Waals surface area (Å²) in [5.74, 6) is -0.610. The Labute approximate surface area is 98.7 Å². The topological polar surface area (TPSA) is 72.6 Å². The second-order valence-electron chi connectivity index (χ2n) is 4.70. The van der Waals surface area contributed by atoms with Crippen LogP contribution in [0.4, 0.5) is 0 Å². The van der Waals surface area contributed by atoms with Crippen LogP contribution in [0.2, 0.25) is 0 Å². The molecule has 90 valence electrons. The highest BCUT2D eigenvalue weighted by Gasteiger charge is 2.56. The lowest BCUT2D eigenvalue weighted by molar-refractivity contribution is -0.153. The molecule has 2 fully saturated rings. The van der Waals surface area contributed by atoms with Crippen LogP contribution >= 0.6 is 11.8 Å². The van der Waals surface area contributed by atoms with Crippen LogP contribution in [0.1, 0.15) is 13.8 Å². The fourth-order valence-corrected chi connectivity index (χ4v) is 3.73. The molecule has 3 unspecified atom stereocenters. The Kier molecular flexibility index (Phi) is 2.66. The number of esters is 1. The minimum atomic E-state index is -0.414. The van der Waals surface area contributed by atoms with Gasteiger partial charge in [-0.3, -0.25) is 9.59 Å². The van der Waals surface area contributed by atoms with Crippen LogP contribution in [0.15, 0.2) is 0 Å². The summed E-state index contributed by atoms with van der Waals surface area (Å²) in [6.45, 7) is 4.40. The highest BCUT2D eigenvalue weighted by atomic mass is 32.2. The smallest absolute Gasteiger partial charge is 0.311 e. The summed E-state index contributed by atoms with van der Waals surface area (Å²) in [4.78, 5) is 24.8. The van der Waals surface area contributed by atoms with E-state index in [1.165, 1.54) is 7.11 Å². The molecule has 3 atom stereocenters. The Morgan fingerprint density at radius 2 is 2.25 bits per heavy atom. The average Bonchev–Trinajstić information content (AvgIpc) is 2.26. The Morgan fingerprint density at radius 3 is 2.81 bits per heavy atom. The lowest BCUT2D eigenvalue weighted by Crippen LogP contribution is -2.72. The highest BCUT2D eigenvalue weighted by Crippen LogP contribution is 2.47. The number of carbonyl (C=O) groups excluding carboxylic acids is 2. The molecular weight excluding hydrogens is 228 g/mol. The van der Waals surface area contributed by atoms with E-state index in [0.717, 1.165) is 0 Å². The summed E-state index contributed by atoms with van der Waals surface area (Å²) in [6, 6.07) is -0.414. The maximum Gasteiger partial charge on any atom is 0.311 e. The number of nitrogens with two attached hydrogens (primary N) is 1. The van der Waals surface area contributed by atoms with Crippen LogP contribution in [0.25, 0.3) is 0 Å². The van der Waals surface area contributed by atoms with Crippen molar-refractivity contribution in [3.8, 4) is 0 Å². The van der Waals surface area contributed by atoms with E-state index in [-0.39, 0.29) is 27.9 Å². The molecule has 0 aromatic heterocycles. The molecule has 0 saturated carbocycles. The highest BCUT2D eigenvalue weighted by molar-refractivity contribution is 8.01. The molecule has 2 heterocycles. The van der Waals surface area contributed by atoms with Crippen LogP contribution in [0, 0.1) is 5.92 Å². The Bertz CT molecular complexity index is 345. The van der Waals surface area contributed by atoms with Crippen molar-refractivity contribution < 1.29 is 14.3 Å². The van der Waals surface area contributed by atoms with E-state index in [1.54, 1.807) is 16.7 Å². The van der Waals surface area contributed by atoms with Crippen molar-refractivity contribution in [2.45, 2.75) is 30.0 Å². The molecule has 0 bridgehead atoms. The molecule has 0 radical (unpaired) electrons. The van der Waals surface area contributed by atoms with Gasteiger partial charge in [0.25, 0.3) is 0 Å². The number of ether oxygens (including phenoxy) is 1. The predicted molar refractivity (Wildman–Crippen MR) is 60.7 cm³/mol. The van der Waals surface area contributed by atoms with E-state index in [1.807, 2.05) is 13.8 Å². The molecule has 0 aromatic rings. The zero-order valence-electron chi connectivity index (χ0n) is 9.60. The molecule has 0 aliphatic carbocycles. The molecule has 1 amide bonds. The summed E-state index contributed by atoms with van der Waals surface area (Å²) in [5, 5.41) is 0.0170. The van der Waals surface area contributed by atoms with E-state index in [0.29, 0.717) is 6.54 Å². The summed E-state index contributed by atoms with van der Waals surface area (Å²) in [7, 11) is 1.37. The van der Waals surface area contributed by atoms with Gasteiger partial charge < -0.3 is 15.4 Å². The van der Waals surface area contributed by atoms with E-state index in [4.69, 9.17) is 10.5 Å². The molecule has 0 spiro atoms. The molecule has 5 nitrogen and oxygen atoms in total. The van der Waals surface area contributed by atoms with Crippen molar-refractivity contribution in [2.75, 3.05) is 13.7 Å². The third kappa shape index (κ3) is 1.51. The van der Waals surface area contributed by atoms with Crippen molar-refractivity contribution in [2.24, 2.45) is 11.7 Å². The first-order valence-electron chi connectivity index (χ1n) is 5.20. The number of methoxy groups -OCH3 is 1. The van der Waals surface area contributed by atoms with Gasteiger partial charge >= 0.3 is 5.97 Å². The van der Waals surface area contributed by atoms with Gasteiger partial charge in [-0.1, -0.05) is 0 Å². The maximum atomic E-state index is 11.6. The van der Waals surface area contributed by atoms with Crippen LogP contribution in [-0.2, 0) is 14.3 Å². The number of carbonyl (C=O) groups is 2. The van der Waals surface area contributed by atoms with Gasteiger partial charge in [0.05, 0.1) is 13.0 Å². The van der Waals surface area contributed by atoms with Gasteiger partial charge in [0, 0.05) is 11.3 Å². The Hall–Kier alpha value is -0.750. The molecular formula is C10H16N2O3S. The van der Waals surface area contributed by atoms with Crippen LogP contribution in [0.3, 0.4) is 0 Å². The lowest BCUT2D eigenvalue weighted by atomic mass is 9.91. The number of amides is 1. The number of hydrogen-bond donors (Lipinski definition) is 1. The first kappa shape index (κ1) is 11.7. The second kappa shape index (κ2) is 3.63. The lowest BCUT2D eigenvalue weighted by Gasteiger charge is -2.54. The van der Waals surface area contributed by atoms with E-state index in [9.17, 15) is 9.59 Å².